The maximum Gasteiger partial charge on any atom is 0.271 e. The molecule has 0 aliphatic carbocycles. The molecule has 0 bridgehead atoms. The van der Waals surface area contributed by atoms with Gasteiger partial charge in [-0.15, -0.1) is 0 Å². The second-order valence-electron chi connectivity index (χ2n) is 6.15. The van der Waals surface area contributed by atoms with Gasteiger partial charge in [-0.25, -0.2) is 5.43 Å². The average molecular weight is 468 g/mol. The van der Waals surface area contributed by atoms with Crippen molar-refractivity contribution in [2.45, 2.75) is 0 Å². The summed E-state index contributed by atoms with van der Waals surface area (Å²) in [6, 6.07) is 18.5. The van der Waals surface area contributed by atoms with E-state index in [1.807, 2.05) is 6.07 Å². The number of halogens is 1. The molecule has 0 saturated carbocycles. The van der Waals surface area contributed by atoms with Crippen LogP contribution in [0.15, 0.2) is 76.3 Å². The molecule has 7 nitrogen and oxygen atoms in total. The first-order chi connectivity index (χ1) is 14.5. The lowest BCUT2D eigenvalue weighted by atomic mass is 10.1. The van der Waals surface area contributed by atoms with Crippen molar-refractivity contribution in [3.05, 3.63) is 87.9 Å². The molecule has 3 rings (SSSR count). The number of methoxy groups -OCH3 is 1. The Morgan fingerprint density at radius 2 is 1.67 bits per heavy atom. The number of rotatable bonds is 6. The third kappa shape index (κ3) is 5.24. The highest BCUT2D eigenvalue weighted by molar-refractivity contribution is 9.10. The van der Waals surface area contributed by atoms with E-state index in [1.54, 1.807) is 60.7 Å². The molecule has 0 radical (unpaired) electrons. The number of benzene rings is 3. The summed E-state index contributed by atoms with van der Waals surface area (Å²) >= 11 is 3.22. The number of hydrazone groups is 1. The van der Waals surface area contributed by atoms with E-state index in [1.165, 1.54) is 13.3 Å². The molecule has 0 aliphatic rings. The van der Waals surface area contributed by atoms with Crippen LogP contribution < -0.4 is 15.5 Å². The number of carbonyl (C=O) groups excluding carboxylic acids is 2. The Balaban J connectivity index is 1.60. The fraction of sp³-hybridized carbons (Fsp3) is 0.0455. The van der Waals surface area contributed by atoms with Crippen molar-refractivity contribution >= 4 is 39.6 Å². The molecule has 0 unspecified atom stereocenters. The quantitative estimate of drug-likeness (QED) is 0.373. The lowest BCUT2D eigenvalue weighted by Gasteiger charge is -2.07. The van der Waals surface area contributed by atoms with E-state index in [9.17, 15) is 14.7 Å². The minimum atomic E-state index is -0.406. The Morgan fingerprint density at radius 1 is 1.00 bits per heavy atom. The number of hydrogen-bond acceptors (Lipinski definition) is 5. The molecular formula is C22H18BrN3O4. The Morgan fingerprint density at radius 3 is 2.33 bits per heavy atom. The molecule has 3 aromatic rings. The molecule has 3 aromatic carbocycles. The van der Waals surface area contributed by atoms with Gasteiger partial charge in [0.2, 0.25) is 0 Å². The lowest BCUT2D eigenvalue weighted by molar-refractivity contribution is 0.0954. The number of nitrogens with one attached hydrogen (secondary N) is 2. The Bertz CT molecular complexity index is 1080. The van der Waals surface area contributed by atoms with Crippen molar-refractivity contribution in [1.82, 2.24) is 5.43 Å². The zero-order valence-corrected chi connectivity index (χ0v) is 17.5. The van der Waals surface area contributed by atoms with Crippen molar-refractivity contribution in [3.8, 4) is 11.5 Å². The maximum absolute atomic E-state index is 12.2. The Hall–Kier alpha value is -3.65. The number of carbonyl (C=O) groups is 2. The van der Waals surface area contributed by atoms with E-state index in [0.29, 0.717) is 26.9 Å². The largest absolute Gasteiger partial charge is 0.503 e. The van der Waals surface area contributed by atoms with Crippen LogP contribution in [0, 0.1) is 0 Å². The molecule has 0 aromatic heterocycles. The van der Waals surface area contributed by atoms with Crippen LogP contribution in [0.25, 0.3) is 0 Å². The van der Waals surface area contributed by atoms with Gasteiger partial charge in [0, 0.05) is 16.8 Å². The first kappa shape index (κ1) is 21.1. The molecule has 0 heterocycles. The number of aromatic hydroxyl groups is 1. The molecule has 2 amide bonds. The predicted molar refractivity (Wildman–Crippen MR) is 118 cm³/mol. The predicted octanol–water partition coefficient (Wildman–Crippen LogP) is 4.18. The van der Waals surface area contributed by atoms with Crippen molar-refractivity contribution in [1.29, 1.82) is 0 Å². The highest BCUT2D eigenvalue weighted by Crippen LogP contribution is 2.34. The zero-order chi connectivity index (χ0) is 21.5. The Labute approximate surface area is 181 Å². The van der Waals surface area contributed by atoms with Crippen LogP contribution in [0.1, 0.15) is 26.3 Å². The van der Waals surface area contributed by atoms with Crippen LogP contribution in [-0.4, -0.2) is 30.2 Å². The van der Waals surface area contributed by atoms with E-state index in [0.717, 1.165) is 0 Å². The zero-order valence-electron chi connectivity index (χ0n) is 15.9. The average Bonchev–Trinajstić information content (AvgIpc) is 2.77. The molecule has 0 spiro atoms. The van der Waals surface area contributed by atoms with E-state index < -0.39 is 5.91 Å². The smallest absolute Gasteiger partial charge is 0.271 e. The fourth-order valence-corrected chi connectivity index (χ4v) is 3.01. The number of hydrogen-bond donors (Lipinski definition) is 3. The van der Waals surface area contributed by atoms with Crippen molar-refractivity contribution in [3.63, 3.8) is 0 Å². The van der Waals surface area contributed by atoms with Crippen LogP contribution >= 0.6 is 15.9 Å². The monoisotopic (exact) mass is 467 g/mol. The maximum atomic E-state index is 12.2. The van der Waals surface area contributed by atoms with E-state index in [2.05, 4.69) is 31.8 Å². The molecule has 152 valence electrons. The van der Waals surface area contributed by atoms with Gasteiger partial charge in [-0.3, -0.25) is 9.59 Å². The molecule has 8 heteroatoms. The van der Waals surface area contributed by atoms with Crippen molar-refractivity contribution in [2.75, 3.05) is 12.4 Å². The number of anilines is 1. The van der Waals surface area contributed by atoms with Gasteiger partial charge in [-0.1, -0.05) is 18.2 Å². The van der Waals surface area contributed by atoms with Gasteiger partial charge in [-0.05, 0) is 70.0 Å². The third-order valence-electron chi connectivity index (χ3n) is 4.09. The fourth-order valence-electron chi connectivity index (χ4n) is 2.55. The lowest BCUT2D eigenvalue weighted by Crippen LogP contribution is -2.17. The highest BCUT2D eigenvalue weighted by atomic mass is 79.9. The second kappa shape index (κ2) is 9.71. The summed E-state index contributed by atoms with van der Waals surface area (Å²) in [7, 11) is 1.44. The number of phenolic OH excluding ortho intramolecular Hbond substituents is 1. The minimum absolute atomic E-state index is 0.0156. The topological polar surface area (TPSA) is 100 Å². The van der Waals surface area contributed by atoms with Gasteiger partial charge in [0.1, 0.15) is 0 Å². The standard InChI is InChI=1S/C22H18BrN3O4/c1-30-19-12-14(11-18(23)20(19)27)13-24-26-22(29)16-7-9-17(10-8-16)25-21(28)15-5-3-2-4-6-15/h2-13,27H,1H3,(H,25,28)(H,26,29)/b24-13+. The molecule has 30 heavy (non-hydrogen) atoms. The summed E-state index contributed by atoms with van der Waals surface area (Å²) in [4.78, 5) is 24.4. The minimum Gasteiger partial charge on any atom is -0.503 e. The van der Waals surface area contributed by atoms with Gasteiger partial charge < -0.3 is 15.2 Å². The molecule has 0 atom stereocenters. The molecule has 0 saturated heterocycles. The van der Waals surface area contributed by atoms with Crippen LogP contribution in [-0.2, 0) is 0 Å². The molecule has 3 N–H and O–H groups in total. The van der Waals surface area contributed by atoms with Gasteiger partial charge in [0.25, 0.3) is 11.8 Å². The van der Waals surface area contributed by atoms with Gasteiger partial charge in [-0.2, -0.15) is 5.10 Å². The van der Waals surface area contributed by atoms with Crippen LogP contribution in [0.3, 0.4) is 0 Å². The SMILES string of the molecule is COc1cc(/C=N/NC(=O)c2ccc(NC(=O)c3ccccc3)cc2)cc(Br)c1O. The number of nitrogens with zero attached hydrogens (tertiary/aromatic N) is 1. The van der Waals surface area contributed by atoms with Crippen molar-refractivity contribution in [2.24, 2.45) is 5.10 Å². The van der Waals surface area contributed by atoms with Crippen LogP contribution in [0.2, 0.25) is 0 Å². The van der Waals surface area contributed by atoms with E-state index in [4.69, 9.17) is 4.74 Å². The van der Waals surface area contributed by atoms with Crippen molar-refractivity contribution < 1.29 is 19.4 Å². The number of phenols is 1. The number of amides is 2. The summed E-state index contributed by atoms with van der Waals surface area (Å²) in [5.41, 5.74) is 4.56. The van der Waals surface area contributed by atoms with E-state index >= 15 is 0 Å². The Kier molecular flexibility index (Phi) is 6.82. The summed E-state index contributed by atoms with van der Waals surface area (Å²) < 4.78 is 5.52. The van der Waals surface area contributed by atoms with Crippen LogP contribution in [0.4, 0.5) is 5.69 Å². The first-order valence-corrected chi connectivity index (χ1v) is 9.63. The first-order valence-electron chi connectivity index (χ1n) is 8.84. The summed E-state index contributed by atoms with van der Waals surface area (Å²) in [6.07, 6.45) is 1.43. The molecule has 0 aliphatic heterocycles. The second-order valence-corrected chi connectivity index (χ2v) is 7.00. The van der Waals surface area contributed by atoms with Crippen LogP contribution in [0.5, 0.6) is 11.5 Å². The third-order valence-corrected chi connectivity index (χ3v) is 4.70. The normalized spacial score (nSPS) is 10.6. The van der Waals surface area contributed by atoms with Gasteiger partial charge in [0.05, 0.1) is 17.8 Å². The summed E-state index contributed by atoms with van der Waals surface area (Å²) in [6.45, 7) is 0. The van der Waals surface area contributed by atoms with Gasteiger partial charge in [0.15, 0.2) is 11.5 Å². The summed E-state index contributed by atoms with van der Waals surface area (Å²) in [5.74, 6) is -0.367. The molecule has 0 fully saturated rings. The number of ether oxygens (including phenoxy) is 1. The summed E-state index contributed by atoms with van der Waals surface area (Å²) in [5, 5.41) is 16.5. The van der Waals surface area contributed by atoms with Gasteiger partial charge >= 0.3 is 0 Å². The highest BCUT2D eigenvalue weighted by Gasteiger charge is 2.09. The molecular weight excluding hydrogens is 450 g/mol. The van der Waals surface area contributed by atoms with E-state index in [-0.39, 0.29) is 17.4 Å².